The fraction of sp³-hybridized carbons (Fsp3) is 0.318. The second-order valence-corrected chi connectivity index (χ2v) is 7.57. The number of rotatable bonds is 3. The number of hydrogen-bond acceptors (Lipinski definition) is 3. The Bertz CT molecular complexity index is 908. The molecule has 2 unspecified atom stereocenters. The van der Waals surface area contributed by atoms with E-state index in [-0.39, 0.29) is 17.9 Å². The lowest BCUT2D eigenvalue weighted by molar-refractivity contribution is -0.122. The van der Waals surface area contributed by atoms with Crippen LogP contribution in [0, 0.1) is 0 Å². The van der Waals surface area contributed by atoms with Gasteiger partial charge in [-0.05, 0) is 42.2 Å². The summed E-state index contributed by atoms with van der Waals surface area (Å²) in [5.41, 5.74) is 2.19. The first-order valence-electron chi connectivity index (χ1n) is 9.58. The summed E-state index contributed by atoms with van der Waals surface area (Å²) >= 11 is 0. The Morgan fingerprint density at radius 2 is 1.71 bits per heavy atom. The van der Waals surface area contributed by atoms with Gasteiger partial charge in [-0.15, -0.1) is 0 Å². The Labute approximate surface area is 164 Å². The molecule has 0 saturated carbocycles. The van der Waals surface area contributed by atoms with Crippen molar-refractivity contribution in [2.75, 3.05) is 11.4 Å². The lowest BCUT2D eigenvalue weighted by Gasteiger charge is -2.37. The van der Waals surface area contributed by atoms with E-state index >= 15 is 0 Å². The van der Waals surface area contributed by atoms with Gasteiger partial charge in [0, 0.05) is 12.1 Å². The summed E-state index contributed by atoms with van der Waals surface area (Å²) < 4.78 is 0. The molecule has 6 heteroatoms. The van der Waals surface area contributed by atoms with Crippen LogP contribution in [0.1, 0.15) is 42.1 Å². The molecule has 0 aliphatic carbocycles. The number of urea groups is 1. The van der Waals surface area contributed by atoms with Crippen molar-refractivity contribution in [2.45, 2.75) is 38.3 Å². The summed E-state index contributed by atoms with van der Waals surface area (Å²) in [7, 11) is 0. The van der Waals surface area contributed by atoms with Gasteiger partial charge in [0.1, 0.15) is 6.04 Å². The van der Waals surface area contributed by atoms with E-state index in [0.717, 1.165) is 10.5 Å². The monoisotopic (exact) mass is 377 g/mol. The number of imide groups is 1. The topological polar surface area (TPSA) is 69.7 Å². The summed E-state index contributed by atoms with van der Waals surface area (Å²) in [6.07, 6.45) is 0.570. The number of carbonyl (C=O) groups excluding carboxylic acids is 3. The second kappa shape index (κ2) is 7.11. The van der Waals surface area contributed by atoms with Crippen molar-refractivity contribution in [2.24, 2.45) is 0 Å². The summed E-state index contributed by atoms with van der Waals surface area (Å²) in [6.45, 7) is 4.61. The van der Waals surface area contributed by atoms with Gasteiger partial charge in [-0.25, -0.2) is 9.69 Å². The molecule has 0 bridgehead atoms. The lowest BCUT2D eigenvalue weighted by Crippen LogP contribution is -2.65. The third kappa shape index (κ3) is 3.05. The van der Waals surface area contributed by atoms with Crippen molar-refractivity contribution < 1.29 is 14.4 Å². The molecule has 2 aromatic carbocycles. The third-order valence-electron chi connectivity index (χ3n) is 5.48. The largest absolute Gasteiger partial charge is 0.332 e. The zero-order valence-corrected chi connectivity index (χ0v) is 16.0. The van der Waals surface area contributed by atoms with E-state index in [1.54, 1.807) is 41.3 Å². The molecule has 0 spiro atoms. The van der Waals surface area contributed by atoms with Crippen molar-refractivity contribution in [3.05, 3.63) is 65.7 Å². The molecule has 0 aromatic heterocycles. The van der Waals surface area contributed by atoms with E-state index < -0.39 is 12.1 Å². The molecular formula is C22H23N3O3. The highest BCUT2D eigenvalue weighted by atomic mass is 16.2. The smallest absolute Gasteiger partial charge is 0.329 e. The molecule has 2 heterocycles. The minimum atomic E-state index is -0.685. The van der Waals surface area contributed by atoms with Gasteiger partial charge in [0.15, 0.2) is 0 Å². The van der Waals surface area contributed by atoms with Crippen LogP contribution < -0.4 is 10.2 Å². The SMILES string of the molecule is CC(C)c1ccc(N2C(=O)NC3CCN(C(=O)c4ccccc4)C3C2=O)cc1. The quantitative estimate of drug-likeness (QED) is 0.893. The van der Waals surface area contributed by atoms with Crippen molar-refractivity contribution in [1.29, 1.82) is 0 Å². The van der Waals surface area contributed by atoms with Gasteiger partial charge >= 0.3 is 6.03 Å². The van der Waals surface area contributed by atoms with E-state index in [9.17, 15) is 14.4 Å². The Kier molecular flexibility index (Phi) is 4.63. The Morgan fingerprint density at radius 3 is 2.36 bits per heavy atom. The molecule has 6 nitrogen and oxygen atoms in total. The highest BCUT2D eigenvalue weighted by molar-refractivity contribution is 6.19. The average molecular weight is 377 g/mol. The number of anilines is 1. The van der Waals surface area contributed by atoms with Crippen molar-refractivity contribution in [3.63, 3.8) is 0 Å². The fourth-order valence-electron chi connectivity index (χ4n) is 3.93. The number of nitrogens with one attached hydrogen (secondary N) is 1. The van der Waals surface area contributed by atoms with Gasteiger partial charge in [0.25, 0.3) is 11.8 Å². The number of amides is 4. The molecule has 4 amide bonds. The summed E-state index contributed by atoms with van der Waals surface area (Å²) in [6, 6.07) is 14.9. The number of benzene rings is 2. The molecule has 144 valence electrons. The first kappa shape index (κ1) is 18.2. The van der Waals surface area contributed by atoms with Crippen LogP contribution in [-0.2, 0) is 4.79 Å². The van der Waals surface area contributed by atoms with Crippen LogP contribution >= 0.6 is 0 Å². The maximum atomic E-state index is 13.3. The van der Waals surface area contributed by atoms with E-state index in [2.05, 4.69) is 19.2 Å². The van der Waals surface area contributed by atoms with Crippen molar-refractivity contribution in [1.82, 2.24) is 10.2 Å². The van der Waals surface area contributed by atoms with Crippen LogP contribution in [0.3, 0.4) is 0 Å². The van der Waals surface area contributed by atoms with Crippen molar-refractivity contribution >= 4 is 23.5 Å². The summed E-state index contributed by atoms with van der Waals surface area (Å²) in [5.74, 6) is -0.182. The zero-order valence-electron chi connectivity index (χ0n) is 16.0. The van der Waals surface area contributed by atoms with E-state index in [4.69, 9.17) is 0 Å². The van der Waals surface area contributed by atoms with Gasteiger partial charge in [0.05, 0.1) is 11.7 Å². The molecule has 2 atom stereocenters. The van der Waals surface area contributed by atoms with Gasteiger partial charge in [-0.1, -0.05) is 44.2 Å². The molecule has 2 aromatic rings. The van der Waals surface area contributed by atoms with Crippen molar-refractivity contribution in [3.8, 4) is 0 Å². The highest BCUT2D eigenvalue weighted by Crippen LogP contribution is 2.29. The molecule has 2 saturated heterocycles. The molecule has 2 aliphatic rings. The summed E-state index contributed by atoms with van der Waals surface area (Å²) in [4.78, 5) is 41.5. The van der Waals surface area contributed by atoms with Gasteiger partial charge in [-0.2, -0.15) is 0 Å². The normalized spacial score (nSPS) is 21.7. The molecule has 4 rings (SSSR count). The maximum absolute atomic E-state index is 13.3. The lowest BCUT2D eigenvalue weighted by atomic mass is 10.0. The molecule has 2 fully saturated rings. The molecule has 1 N–H and O–H groups in total. The predicted molar refractivity (Wildman–Crippen MR) is 106 cm³/mol. The number of hydrogen-bond donors (Lipinski definition) is 1. The first-order chi connectivity index (χ1) is 13.5. The number of carbonyl (C=O) groups is 3. The highest BCUT2D eigenvalue weighted by Gasteiger charge is 2.49. The maximum Gasteiger partial charge on any atom is 0.329 e. The van der Waals surface area contributed by atoms with Gasteiger partial charge < -0.3 is 10.2 Å². The number of likely N-dealkylation sites (tertiary alicyclic amines) is 1. The van der Waals surface area contributed by atoms with E-state index in [0.29, 0.717) is 30.1 Å². The van der Waals surface area contributed by atoms with Crippen LogP contribution in [0.25, 0.3) is 0 Å². The minimum Gasteiger partial charge on any atom is -0.332 e. The van der Waals surface area contributed by atoms with Crippen LogP contribution in [0.2, 0.25) is 0 Å². The Hall–Kier alpha value is -3.15. The van der Waals surface area contributed by atoms with Gasteiger partial charge in [0.2, 0.25) is 0 Å². The zero-order chi connectivity index (χ0) is 19.8. The molecule has 28 heavy (non-hydrogen) atoms. The fourth-order valence-corrected chi connectivity index (χ4v) is 3.93. The Balaban J connectivity index is 1.62. The summed E-state index contributed by atoms with van der Waals surface area (Å²) in [5, 5.41) is 2.90. The Morgan fingerprint density at radius 1 is 1.04 bits per heavy atom. The average Bonchev–Trinajstić information content (AvgIpc) is 3.12. The molecule has 0 radical (unpaired) electrons. The first-order valence-corrected chi connectivity index (χ1v) is 9.58. The standard InChI is InChI=1S/C22H23N3O3/c1-14(2)15-8-10-17(11-9-15)25-21(27)19-18(23-22(25)28)12-13-24(19)20(26)16-6-4-3-5-7-16/h3-11,14,18-19H,12-13H2,1-2H3,(H,23,28). The number of fused-ring (bicyclic) bond motifs is 1. The van der Waals surface area contributed by atoms with Crippen LogP contribution in [0.15, 0.2) is 54.6 Å². The van der Waals surface area contributed by atoms with Crippen LogP contribution in [0.5, 0.6) is 0 Å². The minimum absolute atomic E-state index is 0.187. The second-order valence-electron chi connectivity index (χ2n) is 7.57. The van der Waals surface area contributed by atoms with Crippen LogP contribution in [-0.4, -0.2) is 41.4 Å². The number of nitrogens with zero attached hydrogens (tertiary/aromatic N) is 2. The molecular weight excluding hydrogens is 354 g/mol. The van der Waals surface area contributed by atoms with Gasteiger partial charge in [-0.3, -0.25) is 9.59 Å². The third-order valence-corrected chi connectivity index (χ3v) is 5.48. The molecule has 2 aliphatic heterocycles. The van der Waals surface area contributed by atoms with E-state index in [1.807, 2.05) is 18.2 Å². The van der Waals surface area contributed by atoms with Crippen LogP contribution in [0.4, 0.5) is 10.5 Å². The predicted octanol–water partition coefficient (Wildman–Crippen LogP) is 3.15. The van der Waals surface area contributed by atoms with E-state index in [1.165, 1.54) is 0 Å².